The van der Waals surface area contributed by atoms with Gasteiger partial charge in [-0.25, -0.2) is 4.98 Å². The van der Waals surface area contributed by atoms with Crippen molar-refractivity contribution in [2.75, 3.05) is 26.2 Å². The number of amides is 1. The third-order valence-corrected chi connectivity index (χ3v) is 5.80. The summed E-state index contributed by atoms with van der Waals surface area (Å²) in [6.45, 7) is 8.18. The van der Waals surface area contributed by atoms with Crippen LogP contribution in [-0.2, 0) is 6.54 Å². The number of rotatable bonds is 3. The van der Waals surface area contributed by atoms with Crippen LogP contribution in [0.4, 0.5) is 0 Å². The van der Waals surface area contributed by atoms with Crippen LogP contribution in [0.5, 0.6) is 0 Å². The summed E-state index contributed by atoms with van der Waals surface area (Å²) < 4.78 is 5.22. The van der Waals surface area contributed by atoms with E-state index in [1.807, 2.05) is 4.90 Å². The molecule has 4 rings (SSSR count). The maximum Gasteiger partial charge on any atom is 0.289 e. The van der Waals surface area contributed by atoms with E-state index < -0.39 is 0 Å². The summed E-state index contributed by atoms with van der Waals surface area (Å²) in [7, 11) is 0. The van der Waals surface area contributed by atoms with Gasteiger partial charge in [0.25, 0.3) is 5.91 Å². The lowest BCUT2D eigenvalue weighted by atomic mass is 10.0. The number of fused-ring (bicyclic) bond motifs is 1. The number of halogens is 1. The van der Waals surface area contributed by atoms with Crippen LogP contribution < -0.4 is 4.90 Å². The van der Waals surface area contributed by atoms with Crippen LogP contribution in [0.3, 0.4) is 0 Å². The molecule has 3 aromatic rings. The number of piperazine rings is 1. The molecule has 2 aromatic heterocycles. The molecule has 140 valence electrons. The molecule has 1 aliphatic heterocycles. The van der Waals surface area contributed by atoms with Crippen LogP contribution in [0.1, 0.15) is 27.2 Å². The second-order valence-electron chi connectivity index (χ2n) is 7.21. The first kappa shape index (κ1) is 18.0. The van der Waals surface area contributed by atoms with Crippen molar-refractivity contribution in [3.63, 3.8) is 0 Å². The van der Waals surface area contributed by atoms with Gasteiger partial charge in [0.05, 0.1) is 38.0 Å². The van der Waals surface area contributed by atoms with Gasteiger partial charge < -0.3 is 14.2 Å². The minimum absolute atomic E-state index is 0.0321. The Balaban J connectivity index is 1.45. The molecule has 1 amide bonds. The van der Waals surface area contributed by atoms with Gasteiger partial charge in [-0.2, -0.15) is 0 Å². The number of aryl methyl sites for hydroxylation is 2. The normalized spacial score (nSPS) is 15.4. The molecule has 0 unspecified atom stereocenters. The molecule has 0 atom stereocenters. The number of pyridine rings is 1. The van der Waals surface area contributed by atoms with E-state index in [1.165, 1.54) is 22.3 Å². The van der Waals surface area contributed by atoms with Crippen molar-refractivity contribution in [2.45, 2.75) is 20.4 Å². The number of carbonyl (C=O) groups excluding carboxylic acids is 1. The average Bonchev–Trinajstić information content (AvgIpc) is 3.21. The number of hydrogen-bond donors (Lipinski definition) is 1. The minimum Gasteiger partial charge on any atom is -0.459 e. The Bertz CT molecular complexity index is 977. The Morgan fingerprint density at radius 1 is 1.26 bits per heavy atom. The first-order chi connectivity index (χ1) is 13.0. The Morgan fingerprint density at radius 3 is 2.74 bits per heavy atom. The largest absolute Gasteiger partial charge is 0.459 e. The molecule has 0 radical (unpaired) electrons. The van der Waals surface area contributed by atoms with Crippen LogP contribution in [0.2, 0.25) is 5.15 Å². The third kappa shape index (κ3) is 3.57. The molecule has 0 aliphatic carbocycles. The fourth-order valence-corrected chi connectivity index (χ4v) is 3.86. The van der Waals surface area contributed by atoms with Gasteiger partial charge in [0.1, 0.15) is 11.7 Å². The summed E-state index contributed by atoms with van der Waals surface area (Å²) in [6.07, 6.45) is 1.53. The molecule has 1 saturated heterocycles. The number of nitrogens with one attached hydrogen (secondary N) is 1. The average molecular weight is 385 g/mol. The van der Waals surface area contributed by atoms with Crippen LogP contribution in [0, 0.1) is 13.8 Å². The molecule has 0 spiro atoms. The number of nitrogens with zero attached hydrogens (tertiary/aromatic N) is 2. The topological polar surface area (TPSA) is 50.8 Å². The van der Waals surface area contributed by atoms with E-state index in [0.717, 1.165) is 36.1 Å². The predicted octanol–water partition coefficient (Wildman–Crippen LogP) is 2.64. The number of hydrogen-bond acceptors (Lipinski definition) is 3. The zero-order chi connectivity index (χ0) is 19.0. The fourth-order valence-electron chi connectivity index (χ4n) is 3.66. The number of aromatic nitrogens is 1. The molecular weight excluding hydrogens is 362 g/mol. The number of furan rings is 1. The molecule has 6 heteroatoms. The maximum absolute atomic E-state index is 12.4. The van der Waals surface area contributed by atoms with E-state index >= 15 is 0 Å². The summed E-state index contributed by atoms with van der Waals surface area (Å²) >= 11 is 6.49. The van der Waals surface area contributed by atoms with Gasteiger partial charge in [-0.05, 0) is 43.2 Å². The standard InChI is InChI=1S/C21H22ClN3O2/c1-14-5-6-16-12-17(20(22)23-19(16)15(14)2)13-24-7-9-25(10-8-24)21(26)18-4-3-11-27-18/h3-6,11-12H,7-10,13H2,1-2H3/p+1. The highest BCUT2D eigenvalue weighted by Crippen LogP contribution is 2.24. The number of carbonyl (C=O) groups is 1. The Kier molecular flexibility index (Phi) is 4.89. The fraction of sp³-hybridized carbons (Fsp3) is 0.333. The Morgan fingerprint density at radius 2 is 2.04 bits per heavy atom. The van der Waals surface area contributed by atoms with E-state index in [0.29, 0.717) is 24.0 Å². The van der Waals surface area contributed by atoms with Crippen LogP contribution in [0.25, 0.3) is 10.9 Å². The summed E-state index contributed by atoms with van der Waals surface area (Å²) in [5, 5.41) is 1.71. The van der Waals surface area contributed by atoms with Crippen LogP contribution >= 0.6 is 11.6 Å². The maximum atomic E-state index is 12.4. The second kappa shape index (κ2) is 7.33. The van der Waals surface area contributed by atoms with Crippen molar-refractivity contribution in [3.8, 4) is 0 Å². The molecule has 1 fully saturated rings. The van der Waals surface area contributed by atoms with E-state index in [1.54, 1.807) is 12.1 Å². The quantitative estimate of drug-likeness (QED) is 0.706. The van der Waals surface area contributed by atoms with Crippen molar-refractivity contribution in [1.29, 1.82) is 0 Å². The summed E-state index contributed by atoms with van der Waals surface area (Å²) in [5.41, 5.74) is 4.45. The van der Waals surface area contributed by atoms with E-state index in [-0.39, 0.29) is 5.91 Å². The van der Waals surface area contributed by atoms with Crippen LogP contribution in [-0.4, -0.2) is 42.0 Å². The zero-order valence-corrected chi connectivity index (χ0v) is 16.3. The minimum atomic E-state index is -0.0321. The molecule has 0 bridgehead atoms. The Hall–Kier alpha value is -2.37. The van der Waals surface area contributed by atoms with Crippen molar-refractivity contribution in [2.24, 2.45) is 0 Å². The van der Waals surface area contributed by atoms with Gasteiger partial charge in [-0.15, -0.1) is 0 Å². The molecule has 1 N–H and O–H groups in total. The SMILES string of the molecule is Cc1ccc2cc(C[NH+]3CCN(C(=O)c4ccco4)CC3)c(Cl)nc2c1C. The highest BCUT2D eigenvalue weighted by Gasteiger charge is 2.26. The molecular formula is C21H23ClN3O2+. The highest BCUT2D eigenvalue weighted by atomic mass is 35.5. The highest BCUT2D eigenvalue weighted by molar-refractivity contribution is 6.30. The van der Waals surface area contributed by atoms with Crippen molar-refractivity contribution in [1.82, 2.24) is 9.88 Å². The summed E-state index contributed by atoms with van der Waals surface area (Å²) in [5.74, 6) is 0.376. The first-order valence-corrected chi connectivity index (χ1v) is 9.62. The molecule has 1 aromatic carbocycles. The van der Waals surface area contributed by atoms with Gasteiger partial charge >= 0.3 is 0 Å². The molecule has 3 heterocycles. The Labute approximate surface area is 163 Å². The molecule has 0 saturated carbocycles. The molecule has 27 heavy (non-hydrogen) atoms. The zero-order valence-electron chi connectivity index (χ0n) is 15.6. The molecule has 5 nitrogen and oxygen atoms in total. The van der Waals surface area contributed by atoms with Crippen molar-refractivity contribution in [3.05, 3.63) is 64.2 Å². The molecule has 1 aliphatic rings. The van der Waals surface area contributed by atoms with E-state index in [4.69, 9.17) is 16.0 Å². The lowest BCUT2D eigenvalue weighted by molar-refractivity contribution is -0.917. The summed E-state index contributed by atoms with van der Waals surface area (Å²) in [6, 6.07) is 9.85. The smallest absolute Gasteiger partial charge is 0.289 e. The summed E-state index contributed by atoms with van der Waals surface area (Å²) in [4.78, 5) is 20.3. The van der Waals surface area contributed by atoms with Crippen molar-refractivity contribution < 1.29 is 14.1 Å². The van der Waals surface area contributed by atoms with Crippen molar-refractivity contribution >= 4 is 28.4 Å². The van der Waals surface area contributed by atoms with Crippen LogP contribution in [0.15, 0.2) is 41.0 Å². The predicted molar refractivity (Wildman–Crippen MR) is 105 cm³/mol. The van der Waals surface area contributed by atoms with Gasteiger partial charge in [0.2, 0.25) is 0 Å². The number of benzene rings is 1. The second-order valence-corrected chi connectivity index (χ2v) is 7.57. The van der Waals surface area contributed by atoms with Gasteiger partial charge in [0.15, 0.2) is 5.76 Å². The van der Waals surface area contributed by atoms with Gasteiger partial charge in [-0.3, -0.25) is 4.79 Å². The number of quaternary nitrogens is 1. The van der Waals surface area contributed by atoms with E-state index in [2.05, 4.69) is 37.0 Å². The van der Waals surface area contributed by atoms with E-state index in [9.17, 15) is 4.79 Å². The third-order valence-electron chi connectivity index (χ3n) is 5.47. The van der Waals surface area contributed by atoms with Gasteiger partial charge in [0, 0.05) is 10.9 Å². The van der Waals surface area contributed by atoms with Gasteiger partial charge in [-0.1, -0.05) is 23.7 Å². The monoisotopic (exact) mass is 384 g/mol. The lowest BCUT2D eigenvalue weighted by Crippen LogP contribution is -3.13. The first-order valence-electron chi connectivity index (χ1n) is 9.24. The lowest BCUT2D eigenvalue weighted by Gasteiger charge is -2.31.